The number of benzene rings is 1. The summed E-state index contributed by atoms with van der Waals surface area (Å²) < 4.78 is 1.86. The zero-order chi connectivity index (χ0) is 15.6. The molecule has 1 atom stereocenters. The highest BCUT2D eigenvalue weighted by Crippen LogP contribution is 2.25. The normalized spacial score (nSPS) is 12.2. The lowest BCUT2D eigenvalue weighted by molar-refractivity contribution is -0.116. The first-order chi connectivity index (χ1) is 9.86. The van der Waals surface area contributed by atoms with Gasteiger partial charge in [-0.1, -0.05) is 23.2 Å². The smallest absolute Gasteiger partial charge is 0.226 e. The van der Waals surface area contributed by atoms with Gasteiger partial charge in [-0.05, 0) is 45.0 Å². The topological polar surface area (TPSA) is 46.9 Å². The van der Waals surface area contributed by atoms with E-state index < -0.39 is 0 Å². The summed E-state index contributed by atoms with van der Waals surface area (Å²) in [4.78, 5) is 12.1. The predicted octanol–water partition coefficient (Wildman–Crippen LogP) is 4.40. The van der Waals surface area contributed by atoms with Gasteiger partial charge in [0.1, 0.15) is 0 Å². The van der Waals surface area contributed by atoms with Crippen LogP contribution in [0.4, 0.5) is 5.69 Å². The van der Waals surface area contributed by atoms with E-state index in [-0.39, 0.29) is 11.9 Å². The molecule has 6 heteroatoms. The molecule has 0 fully saturated rings. The maximum Gasteiger partial charge on any atom is 0.226 e. The van der Waals surface area contributed by atoms with E-state index in [1.807, 2.05) is 31.5 Å². The van der Waals surface area contributed by atoms with Crippen molar-refractivity contribution >= 4 is 34.8 Å². The maximum absolute atomic E-state index is 12.1. The molecule has 2 rings (SSSR count). The van der Waals surface area contributed by atoms with Crippen molar-refractivity contribution < 1.29 is 4.79 Å². The molecule has 0 aliphatic carbocycles. The lowest BCUT2D eigenvalue weighted by Crippen LogP contribution is -2.19. The lowest BCUT2D eigenvalue weighted by Gasteiger charge is -2.14. The Morgan fingerprint density at radius 1 is 1.29 bits per heavy atom. The molecule has 0 radical (unpaired) electrons. The predicted molar refractivity (Wildman–Crippen MR) is 86.1 cm³/mol. The molecule has 4 nitrogen and oxygen atoms in total. The fourth-order valence-electron chi connectivity index (χ4n) is 2.23. The van der Waals surface area contributed by atoms with Gasteiger partial charge in [0.05, 0.1) is 21.8 Å². The fourth-order valence-corrected chi connectivity index (χ4v) is 2.53. The van der Waals surface area contributed by atoms with Crippen LogP contribution in [-0.4, -0.2) is 15.7 Å². The number of carbonyl (C=O) groups is 1. The van der Waals surface area contributed by atoms with Gasteiger partial charge >= 0.3 is 0 Å². The molecule has 0 bridgehead atoms. The number of rotatable bonds is 4. The Bertz CT molecular complexity index is 667. The maximum atomic E-state index is 12.1. The van der Waals surface area contributed by atoms with Crippen LogP contribution >= 0.6 is 23.2 Å². The molecule has 1 aromatic carbocycles. The van der Waals surface area contributed by atoms with Crippen molar-refractivity contribution in [1.29, 1.82) is 0 Å². The van der Waals surface area contributed by atoms with Crippen molar-refractivity contribution in [2.75, 3.05) is 5.32 Å². The van der Waals surface area contributed by atoms with Crippen LogP contribution in [0.25, 0.3) is 0 Å². The highest BCUT2D eigenvalue weighted by atomic mass is 35.5. The van der Waals surface area contributed by atoms with Gasteiger partial charge in [0.25, 0.3) is 0 Å². The first kappa shape index (κ1) is 15.9. The van der Waals surface area contributed by atoms with Crippen LogP contribution in [0.1, 0.15) is 30.8 Å². The number of halogens is 2. The third-order valence-corrected chi connectivity index (χ3v) is 3.89. The molecule has 1 amide bonds. The van der Waals surface area contributed by atoms with Crippen LogP contribution in [0.2, 0.25) is 10.0 Å². The molecule has 1 aromatic heterocycles. The van der Waals surface area contributed by atoms with E-state index in [9.17, 15) is 4.79 Å². The van der Waals surface area contributed by atoms with Gasteiger partial charge < -0.3 is 5.32 Å². The molecule has 0 spiro atoms. The third kappa shape index (κ3) is 3.99. The number of anilines is 1. The second-order valence-corrected chi connectivity index (χ2v) is 5.92. The Morgan fingerprint density at radius 3 is 2.57 bits per heavy atom. The summed E-state index contributed by atoms with van der Waals surface area (Å²) in [6.45, 7) is 5.88. The zero-order valence-corrected chi connectivity index (χ0v) is 13.7. The van der Waals surface area contributed by atoms with Gasteiger partial charge in [-0.25, -0.2) is 0 Å². The highest BCUT2D eigenvalue weighted by Gasteiger charge is 2.14. The number of nitrogens with one attached hydrogen (secondary N) is 1. The molecule has 0 aliphatic rings. The monoisotopic (exact) mass is 325 g/mol. The molecule has 0 saturated heterocycles. The van der Waals surface area contributed by atoms with Crippen LogP contribution in [0.5, 0.6) is 0 Å². The number of hydrogen-bond donors (Lipinski definition) is 1. The summed E-state index contributed by atoms with van der Waals surface area (Å²) in [6.07, 6.45) is 0.336. The number of aryl methyl sites for hydroxylation is 2. The average Bonchev–Trinajstić information content (AvgIpc) is 2.73. The van der Waals surface area contributed by atoms with Crippen LogP contribution in [0.3, 0.4) is 0 Å². The minimum absolute atomic E-state index is 0.0125. The van der Waals surface area contributed by atoms with Gasteiger partial charge in [-0.3, -0.25) is 9.48 Å². The van der Waals surface area contributed by atoms with Gasteiger partial charge in [-0.15, -0.1) is 0 Å². The van der Waals surface area contributed by atoms with Crippen molar-refractivity contribution in [1.82, 2.24) is 9.78 Å². The van der Waals surface area contributed by atoms with Crippen molar-refractivity contribution in [2.24, 2.45) is 0 Å². The summed E-state index contributed by atoms with van der Waals surface area (Å²) >= 11 is 11.8. The molecule has 0 aliphatic heterocycles. The van der Waals surface area contributed by atoms with E-state index in [1.165, 1.54) is 0 Å². The summed E-state index contributed by atoms with van der Waals surface area (Å²) in [5.41, 5.74) is 2.63. The first-order valence-corrected chi connectivity index (χ1v) is 7.40. The Morgan fingerprint density at radius 2 is 2.00 bits per heavy atom. The minimum atomic E-state index is -0.0894. The second kappa shape index (κ2) is 6.50. The Hall–Kier alpha value is -1.52. The lowest BCUT2D eigenvalue weighted by atomic mass is 10.2. The van der Waals surface area contributed by atoms with Crippen LogP contribution in [0.15, 0.2) is 24.3 Å². The molecule has 1 unspecified atom stereocenters. The second-order valence-electron chi connectivity index (χ2n) is 5.10. The van der Waals surface area contributed by atoms with Crippen molar-refractivity contribution in [3.05, 3.63) is 45.7 Å². The van der Waals surface area contributed by atoms with Gasteiger partial charge in [-0.2, -0.15) is 5.10 Å². The summed E-state index contributed by atoms with van der Waals surface area (Å²) in [6, 6.07) is 6.99. The molecule has 112 valence electrons. The molecule has 1 N–H and O–H groups in total. The Labute approximate surface area is 134 Å². The van der Waals surface area contributed by atoms with E-state index >= 15 is 0 Å². The molecule has 0 saturated carbocycles. The van der Waals surface area contributed by atoms with Crippen LogP contribution in [-0.2, 0) is 4.79 Å². The summed E-state index contributed by atoms with van der Waals surface area (Å²) in [7, 11) is 0. The van der Waals surface area contributed by atoms with Crippen LogP contribution in [0, 0.1) is 13.8 Å². The SMILES string of the molecule is Cc1cc(C)n(C(C)CC(=O)Nc2ccc(Cl)c(Cl)c2)n1. The Kier molecular flexibility index (Phi) is 4.91. The number of nitrogens with zero attached hydrogens (tertiary/aromatic N) is 2. The van der Waals surface area contributed by atoms with Crippen molar-refractivity contribution in [3.8, 4) is 0 Å². The molecule has 2 aromatic rings. The molecular formula is C15H17Cl2N3O. The molecule has 21 heavy (non-hydrogen) atoms. The van der Waals surface area contributed by atoms with Gasteiger partial charge in [0.15, 0.2) is 0 Å². The van der Waals surface area contributed by atoms with E-state index in [2.05, 4.69) is 10.4 Å². The molecule has 1 heterocycles. The quantitative estimate of drug-likeness (QED) is 0.905. The standard InChI is InChI=1S/C15H17Cl2N3O/c1-9-6-10(2)20(19-9)11(3)7-15(21)18-12-4-5-13(16)14(17)8-12/h4-6,8,11H,7H2,1-3H3,(H,18,21). The van der Waals surface area contributed by atoms with Crippen molar-refractivity contribution in [3.63, 3.8) is 0 Å². The number of amides is 1. The Balaban J connectivity index is 2.01. The van der Waals surface area contributed by atoms with E-state index in [1.54, 1.807) is 18.2 Å². The first-order valence-electron chi connectivity index (χ1n) is 6.64. The minimum Gasteiger partial charge on any atom is -0.326 e. The summed E-state index contributed by atoms with van der Waals surface area (Å²) in [5, 5.41) is 8.09. The number of carbonyl (C=O) groups excluding carboxylic acids is 1. The van der Waals surface area contributed by atoms with Crippen molar-refractivity contribution in [2.45, 2.75) is 33.2 Å². The van der Waals surface area contributed by atoms with E-state index in [0.717, 1.165) is 11.4 Å². The molecular weight excluding hydrogens is 309 g/mol. The number of aromatic nitrogens is 2. The highest BCUT2D eigenvalue weighted by molar-refractivity contribution is 6.42. The fraction of sp³-hybridized carbons (Fsp3) is 0.333. The van der Waals surface area contributed by atoms with Gasteiger partial charge in [0, 0.05) is 17.8 Å². The summed E-state index contributed by atoms with van der Waals surface area (Å²) in [5.74, 6) is -0.0894. The third-order valence-electron chi connectivity index (χ3n) is 3.15. The number of hydrogen-bond acceptors (Lipinski definition) is 2. The van der Waals surface area contributed by atoms with Crippen LogP contribution < -0.4 is 5.32 Å². The van der Waals surface area contributed by atoms with Gasteiger partial charge in [0.2, 0.25) is 5.91 Å². The zero-order valence-electron chi connectivity index (χ0n) is 12.2. The average molecular weight is 326 g/mol. The van der Waals surface area contributed by atoms with E-state index in [4.69, 9.17) is 23.2 Å². The largest absolute Gasteiger partial charge is 0.326 e. The van der Waals surface area contributed by atoms with E-state index in [0.29, 0.717) is 22.2 Å².